The van der Waals surface area contributed by atoms with Gasteiger partial charge in [0.15, 0.2) is 0 Å². The van der Waals surface area contributed by atoms with Gasteiger partial charge in [-0.25, -0.2) is 0 Å². The van der Waals surface area contributed by atoms with Crippen molar-refractivity contribution in [2.75, 3.05) is 12.8 Å². The zero-order valence-electron chi connectivity index (χ0n) is 8.24. The minimum atomic E-state index is -1.93. The number of hydrogen-bond acceptors (Lipinski definition) is 3. The van der Waals surface area contributed by atoms with E-state index in [1.807, 2.05) is 6.92 Å². The summed E-state index contributed by atoms with van der Waals surface area (Å²) in [6.45, 7) is 5.62. The van der Waals surface area contributed by atoms with Crippen molar-refractivity contribution in [3.05, 3.63) is 0 Å². The molecule has 0 bridgehead atoms. The van der Waals surface area contributed by atoms with Gasteiger partial charge in [-0.05, 0) is 13.8 Å². The van der Waals surface area contributed by atoms with Gasteiger partial charge in [0, 0.05) is 12.8 Å². The Balaban J connectivity index is 3.92. The molecule has 0 aromatic heterocycles. The zero-order valence-corrected chi connectivity index (χ0v) is 9.24. The van der Waals surface area contributed by atoms with E-state index < -0.39 is 19.7 Å². The Labute approximate surface area is 79.1 Å². The number of rotatable bonds is 6. The first-order valence-corrected chi connectivity index (χ1v) is 6.05. The van der Waals surface area contributed by atoms with Crippen molar-refractivity contribution in [2.24, 2.45) is 5.92 Å². The fourth-order valence-electron chi connectivity index (χ4n) is 0.898. The van der Waals surface area contributed by atoms with E-state index >= 15 is 0 Å². The Hall–Kier alpha value is -0.340. The van der Waals surface area contributed by atoms with Crippen molar-refractivity contribution >= 4 is 13.8 Å². The fraction of sp³-hybridized carbons (Fsp3) is 0.875. The topological polar surface area (TPSA) is 63.6 Å². The molecule has 0 radical (unpaired) electrons. The Morgan fingerprint density at radius 2 is 2.08 bits per heavy atom. The molecule has 3 unspecified atom stereocenters. The molecule has 3 atom stereocenters. The highest BCUT2D eigenvalue weighted by Gasteiger charge is 2.18. The van der Waals surface area contributed by atoms with E-state index in [1.54, 1.807) is 13.8 Å². The van der Waals surface area contributed by atoms with Crippen LogP contribution < -0.4 is 0 Å². The first-order chi connectivity index (χ1) is 5.99. The van der Waals surface area contributed by atoms with E-state index in [9.17, 15) is 9.36 Å². The summed E-state index contributed by atoms with van der Waals surface area (Å²) < 4.78 is 16.6. The molecule has 0 heterocycles. The number of carbonyl (C=O) groups is 1. The lowest BCUT2D eigenvalue weighted by atomic mass is 10.2. The number of aliphatic carboxylic acids is 1. The summed E-state index contributed by atoms with van der Waals surface area (Å²) in [4.78, 5) is 10.5. The van der Waals surface area contributed by atoms with Crippen LogP contribution in [0.1, 0.15) is 20.8 Å². The molecule has 0 aliphatic carbocycles. The molecule has 0 aliphatic heterocycles. The monoisotopic (exact) mass is 208 g/mol. The van der Waals surface area contributed by atoms with Crippen molar-refractivity contribution in [1.82, 2.24) is 0 Å². The molecule has 0 spiro atoms. The van der Waals surface area contributed by atoms with E-state index in [-0.39, 0.29) is 12.0 Å². The summed E-state index contributed by atoms with van der Waals surface area (Å²) in [5.41, 5.74) is 0. The SMILES string of the molecule is CCOC(C)[PH](=O)CC(C)C(=O)O. The van der Waals surface area contributed by atoms with E-state index in [0.29, 0.717) is 6.61 Å². The molecule has 0 saturated heterocycles. The van der Waals surface area contributed by atoms with Gasteiger partial charge in [-0.15, -0.1) is 0 Å². The van der Waals surface area contributed by atoms with Gasteiger partial charge in [0.05, 0.1) is 5.92 Å². The number of hydrogen-bond donors (Lipinski definition) is 1. The van der Waals surface area contributed by atoms with Gasteiger partial charge >= 0.3 is 5.97 Å². The molecule has 0 aromatic carbocycles. The Morgan fingerprint density at radius 3 is 2.46 bits per heavy atom. The van der Waals surface area contributed by atoms with Crippen LogP contribution in [0.5, 0.6) is 0 Å². The van der Waals surface area contributed by atoms with Crippen LogP contribution in [0.15, 0.2) is 0 Å². The third kappa shape index (κ3) is 5.06. The van der Waals surface area contributed by atoms with Gasteiger partial charge < -0.3 is 14.4 Å². The maximum Gasteiger partial charge on any atom is 0.306 e. The molecule has 4 nitrogen and oxygen atoms in total. The molecule has 5 heteroatoms. The lowest BCUT2D eigenvalue weighted by Gasteiger charge is -2.12. The van der Waals surface area contributed by atoms with Gasteiger partial charge in [0.2, 0.25) is 0 Å². The van der Waals surface area contributed by atoms with E-state index in [4.69, 9.17) is 9.84 Å². The molecule has 1 N–H and O–H groups in total. The van der Waals surface area contributed by atoms with Gasteiger partial charge in [-0.3, -0.25) is 4.79 Å². The number of carboxylic acid groups (broad SMARTS) is 1. The first-order valence-electron chi connectivity index (χ1n) is 4.36. The smallest absolute Gasteiger partial charge is 0.306 e. The Bertz CT molecular complexity index is 193. The van der Waals surface area contributed by atoms with Crippen LogP contribution in [0.4, 0.5) is 0 Å². The predicted octanol–water partition coefficient (Wildman–Crippen LogP) is 1.65. The van der Waals surface area contributed by atoms with Crippen LogP contribution in [0.2, 0.25) is 0 Å². The summed E-state index contributed by atoms with van der Waals surface area (Å²) >= 11 is 0. The second kappa shape index (κ2) is 6.17. The largest absolute Gasteiger partial charge is 0.481 e. The minimum Gasteiger partial charge on any atom is -0.481 e. The van der Waals surface area contributed by atoms with E-state index in [2.05, 4.69) is 0 Å². The molecule has 0 rings (SSSR count). The van der Waals surface area contributed by atoms with Gasteiger partial charge in [0.1, 0.15) is 13.6 Å². The predicted molar refractivity (Wildman–Crippen MR) is 51.8 cm³/mol. The van der Waals surface area contributed by atoms with Crippen molar-refractivity contribution in [2.45, 2.75) is 26.6 Å². The standard InChI is InChI=1S/C8H17O4P/c1-4-12-7(3)13(11)5-6(2)8(9)10/h6-7,13H,4-5H2,1-3H3,(H,9,10). The third-order valence-corrected chi connectivity index (χ3v) is 3.89. The molecular weight excluding hydrogens is 191 g/mol. The summed E-state index contributed by atoms with van der Waals surface area (Å²) in [5, 5.41) is 8.58. The van der Waals surface area contributed by atoms with Crippen LogP contribution in [0.3, 0.4) is 0 Å². The van der Waals surface area contributed by atoms with Crippen LogP contribution in [-0.4, -0.2) is 29.7 Å². The van der Waals surface area contributed by atoms with Gasteiger partial charge in [-0.2, -0.15) is 0 Å². The van der Waals surface area contributed by atoms with Crippen LogP contribution in [0.25, 0.3) is 0 Å². The van der Waals surface area contributed by atoms with Crippen molar-refractivity contribution < 1.29 is 19.2 Å². The second-order valence-electron chi connectivity index (χ2n) is 3.01. The molecule has 0 saturated carbocycles. The van der Waals surface area contributed by atoms with Crippen LogP contribution in [-0.2, 0) is 14.1 Å². The highest BCUT2D eigenvalue weighted by molar-refractivity contribution is 7.45. The maximum atomic E-state index is 11.4. The summed E-state index contributed by atoms with van der Waals surface area (Å²) in [7, 11) is -1.93. The van der Waals surface area contributed by atoms with E-state index in [0.717, 1.165) is 0 Å². The summed E-state index contributed by atoms with van der Waals surface area (Å²) in [5.74, 6) is -1.76. The Morgan fingerprint density at radius 1 is 1.54 bits per heavy atom. The molecule has 0 fully saturated rings. The average Bonchev–Trinajstić information content (AvgIpc) is 2.04. The van der Waals surface area contributed by atoms with Gasteiger partial charge in [-0.1, -0.05) is 6.92 Å². The van der Waals surface area contributed by atoms with Crippen molar-refractivity contribution in [3.8, 4) is 0 Å². The fourth-order valence-corrected chi connectivity index (χ4v) is 2.36. The van der Waals surface area contributed by atoms with Crippen molar-refractivity contribution in [1.29, 1.82) is 0 Å². The number of ether oxygens (including phenoxy) is 1. The average molecular weight is 208 g/mol. The molecule has 0 aromatic rings. The first kappa shape index (κ1) is 12.7. The van der Waals surface area contributed by atoms with Gasteiger partial charge in [0.25, 0.3) is 0 Å². The Kier molecular flexibility index (Phi) is 6.00. The normalized spacial score (nSPS) is 17.8. The molecule has 13 heavy (non-hydrogen) atoms. The van der Waals surface area contributed by atoms with Crippen LogP contribution in [0, 0.1) is 5.92 Å². The summed E-state index contributed by atoms with van der Waals surface area (Å²) in [6, 6.07) is 0. The highest BCUT2D eigenvalue weighted by atomic mass is 31.1. The highest BCUT2D eigenvalue weighted by Crippen LogP contribution is 2.31. The quantitative estimate of drug-likeness (QED) is 0.674. The third-order valence-electron chi connectivity index (χ3n) is 1.80. The lowest BCUT2D eigenvalue weighted by Crippen LogP contribution is -2.14. The molecule has 78 valence electrons. The number of carboxylic acids is 1. The maximum absolute atomic E-state index is 11.4. The molecule has 0 aliphatic rings. The molecular formula is C8H17O4P. The lowest BCUT2D eigenvalue weighted by molar-refractivity contribution is -0.140. The minimum absolute atomic E-state index is 0.223. The zero-order chi connectivity index (χ0) is 10.4. The summed E-state index contributed by atoms with van der Waals surface area (Å²) in [6.07, 6.45) is 0.223. The van der Waals surface area contributed by atoms with Crippen LogP contribution >= 0.6 is 7.80 Å². The second-order valence-corrected chi connectivity index (χ2v) is 5.16. The van der Waals surface area contributed by atoms with Crippen molar-refractivity contribution in [3.63, 3.8) is 0 Å². The van der Waals surface area contributed by atoms with E-state index in [1.165, 1.54) is 0 Å². The molecule has 0 amide bonds.